The van der Waals surface area contributed by atoms with Gasteiger partial charge in [-0.05, 0) is 62.8 Å². The van der Waals surface area contributed by atoms with Gasteiger partial charge in [-0.3, -0.25) is 9.79 Å². The molecule has 0 spiro atoms. The number of aliphatic imine (C=N–C) groups is 1. The molecule has 1 aliphatic heterocycles. The van der Waals surface area contributed by atoms with Gasteiger partial charge in [0.15, 0.2) is 11.5 Å². The Hall–Kier alpha value is -3.06. The second-order valence-corrected chi connectivity index (χ2v) is 7.67. The Morgan fingerprint density at radius 3 is 2.39 bits per heavy atom. The molecule has 31 heavy (non-hydrogen) atoms. The zero-order chi connectivity index (χ0) is 22.4. The largest absolute Gasteiger partial charge is 0.494 e. The zero-order valence-corrected chi connectivity index (χ0v) is 18.9. The number of carbonyl (C=O) groups excluding carboxylic acids is 1. The van der Waals surface area contributed by atoms with E-state index < -0.39 is 5.92 Å². The predicted molar refractivity (Wildman–Crippen MR) is 123 cm³/mol. The van der Waals surface area contributed by atoms with Crippen LogP contribution in [0.3, 0.4) is 0 Å². The van der Waals surface area contributed by atoms with Crippen molar-refractivity contribution in [3.63, 3.8) is 0 Å². The molecule has 2 aromatic rings. The lowest BCUT2D eigenvalue weighted by atomic mass is 9.93. The number of nitrogens with one attached hydrogen (secondary N) is 1. The van der Waals surface area contributed by atoms with Crippen LogP contribution in [-0.2, 0) is 4.79 Å². The van der Waals surface area contributed by atoms with E-state index in [9.17, 15) is 4.79 Å². The number of ether oxygens (including phenoxy) is 3. The van der Waals surface area contributed by atoms with E-state index in [0.29, 0.717) is 24.5 Å². The van der Waals surface area contributed by atoms with Gasteiger partial charge < -0.3 is 24.4 Å². The number of nitrogens with zero attached hydrogens (tertiary/aromatic N) is 2. The smallest absolute Gasteiger partial charge is 0.237 e. The first-order chi connectivity index (χ1) is 15.0. The Morgan fingerprint density at radius 2 is 1.77 bits per heavy atom. The molecule has 1 aliphatic rings. The molecule has 1 unspecified atom stereocenters. The molecule has 2 aromatic carbocycles. The van der Waals surface area contributed by atoms with Gasteiger partial charge in [0, 0.05) is 24.0 Å². The van der Waals surface area contributed by atoms with Gasteiger partial charge in [0.2, 0.25) is 5.91 Å². The number of rotatable bonds is 10. The summed E-state index contributed by atoms with van der Waals surface area (Å²) in [4.78, 5) is 19.7. The van der Waals surface area contributed by atoms with Gasteiger partial charge in [-0.25, -0.2) is 0 Å². The van der Waals surface area contributed by atoms with Gasteiger partial charge in [-0.2, -0.15) is 0 Å². The summed E-state index contributed by atoms with van der Waals surface area (Å²) < 4.78 is 16.6. The number of hydrogen-bond acceptors (Lipinski definition) is 6. The standard InChI is InChI=1S/C24H31N3O4/c1-6-19(25-16-8-10-17(11-9-16)31-13-7-12-27(2)3)23-18-14-21(29-4)22(30-5)15-20(18)26-24(23)28/h8-11,14-15,23H,6-7,12-13H2,1-5H3,(H,26,28). The normalized spacial score (nSPS) is 15.6. The van der Waals surface area contributed by atoms with Crippen molar-refractivity contribution in [1.29, 1.82) is 0 Å². The van der Waals surface area contributed by atoms with Gasteiger partial charge in [0.25, 0.3) is 0 Å². The monoisotopic (exact) mass is 425 g/mol. The van der Waals surface area contributed by atoms with Crippen molar-refractivity contribution in [3.8, 4) is 17.2 Å². The van der Waals surface area contributed by atoms with Crippen molar-refractivity contribution in [2.75, 3.05) is 46.8 Å². The first kappa shape index (κ1) is 22.6. The molecule has 1 atom stereocenters. The number of amides is 1. The number of methoxy groups -OCH3 is 2. The van der Waals surface area contributed by atoms with Gasteiger partial charge in [-0.15, -0.1) is 0 Å². The highest BCUT2D eigenvalue weighted by molar-refractivity contribution is 6.19. The molecule has 1 heterocycles. The van der Waals surface area contributed by atoms with E-state index in [1.165, 1.54) is 0 Å². The van der Waals surface area contributed by atoms with Gasteiger partial charge in [0.1, 0.15) is 11.7 Å². The Balaban J connectivity index is 1.79. The average Bonchev–Trinajstić information content (AvgIpc) is 3.09. The molecular weight excluding hydrogens is 394 g/mol. The number of carbonyl (C=O) groups is 1. The molecule has 166 valence electrons. The van der Waals surface area contributed by atoms with Crippen molar-refractivity contribution in [3.05, 3.63) is 42.0 Å². The van der Waals surface area contributed by atoms with Gasteiger partial charge in [0.05, 0.1) is 26.5 Å². The Morgan fingerprint density at radius 1 is 1.10 bits per heavy atom. The molecule has 1 N–H and O–H groups in total. The van der Waals surface area contributed by atoms with E-state index in [4.69, 9.17) is 19.2 Å². The second kappa shape index (κ2) is 10.3. The lowest BCUT2D eigenvalue weighted by molar-refractivity contribution is -0.115. The minimum atomic E-state index is -0.457. The average molecular weight is 426 g/mol. The number of hydrogen-bond donors (Lipinski definition) is 1. The Labute approximate surface area is 184 Å². The SMILES string of the molecule is CCC(=Nc1ccc(OCCCN(C)C)cc1)C1C(=O)Nc2cc(OC)c(OC)cc21. The van der Waals surface area contributed by atoms with Crippen molar-refractivity contribution >= 4 is 23.0 Å². The van der Waals surface area contributed by atoms with Gasteiger partial charge in [-0.1, -0.05) is 6.92 Å². The topological polar surface area (TPSA) is 72.4 Å². The van der Waals surface area contributed by atoms with Crippen LogP contribution < -0.4 is 19.5 Å². The second-order valence-electron chi connectivity index (χ2n) is 7.67. The molecule has 0 fully saturated rings. The maximum Gasteiger partial charge on any atom is 0.237 e. The molecule has 7 heteroatoms. The molecule has 0 aromatic heterocycles. The minimum absolute atomic E-state index is 0.0910. The fourth-order valence-corrected chi connectivity index (χ4v) is 3.62. The van der Waals surface area contributed by atoms with Crippen molar-refractivity contribution in [2.45, 2.75) is 25.7 Å². The summed E-state index contributed by atoms with van der Waals surface area (Å²) in [7, 11) is 7.26. The van der Waals surface area contributed by atoms with Crippen molar-refractivity contribution in [2.24, 2.45) is 4.99 Å². The molecule has 0 radical (unpaired) electrons. The van der Waals surface area contributed by atoms with Crippen LogP contribution in [-0.4, -0.2) is 58.0 Å². The van der Waals surface area contributed by atoms with Crippen LogP contribution in [0.5, 0.6) is 17.2 Å². The number of fused-ring (bicyclic) bond motifs is 1. The summed E-state index contributed by atoms with van der Waals surface area (Å²) in [5, 5.41) is 2.94. The highest BCUT2D eigenvalue weighted by Crippen LogP contribution is 2.42. The van der Waals surface area contributed by atoms with Crippen LogP contribution in [0.4, 0.5) is 11.4 Å². The van der Waals surface area contributed by atoms with E-state index in [2.05, 4.69) is 10.2 Å². The van der Waals surface area contributed by atoms with E-state index in [0.717, 1.165) is 41.4 Å². The van der Waals surface area contributed by atoms with E-state index in [-0.39, 0.29) is 5.91 Å². The summed E-state index contributed by atoms with van der Waals surface area (Å²) in [6, 6.07) is 11.3. The Kier molecular flexibility index (Phi) is 7.52. The van der Waals surface area contributed by atoms with E-state index in [1.807, 2.05) is 51.4 Å². The molecule has 1 amide bonds. The third kappa shape index (κ3) is 5.35. The van der Waals surface area contributed by atoms with E-state index >= 15 is 0 Å². The first-order valence-corrected chi connectivity index (χ1v) is 10.5. The molecule has 0 saturated heterocycles. The highest BCUT2D eigenvalue weighted by atomic mass is 16.5. The summed E-state index contributed by atoms with van der Waals surface area (Å²) >= 11 is 0. The Bertz CT molecular complexity index is 939. The van der Waals surface area contributed by atoms with Crippen LogP contribution in [0.15, 0.2) is 41.4 Å². The summed E-state index contributed by atoms with van der Waals surface area (Å²) in [5.74, 6) is 1.44. The lowest BCUT2D eigenvalue weighted by Gasteiger charge is -2.14. The van der Waals surface area contributed by atoms with Crippen LogP contribution in [0.25, 0.3) is 0 Å². The van der Waals surface area contributed by atoms with Crippen LogP contribution in [0, 0.1) is 0 Å². The lowest BCUT2D eigenvalue weighted by Crippen LogP contribution is -2.20. The molecule has 7 nitrogen and oxygen atoms in total. The minimum Gasteiger partial charge on any atom is -0.494 e. The first-order valence-electron chi connectivity index (χ1n) is 10.5. The summed E-state index contributed by atoms with van der Waals surface area (Å²) in [6.07, 6.45) is 1.62. The molecule has 0 bridgehead atoms. The van der Waals surface area contributed by atoms with E-state index in [1.54, 1.807) is 20.3 Å². The third-order valence-corrected chi connectivity index (χ3v) is 5.21. The molecule has 0 aliphatic carbocycles. The summed E-state index contributed by atoms with van der Waals surface area (Å²) in [5.41, 5.74) is 3.17. The number of benzene rings is 2. The zero-order valence-electron chi connectivity index (χ0n) is 18.9. The van der Waals surface area contributed by atoms with Crippen molar-refractivity contribution < 1.29 is 19.0 Å². The van der Waals surface area contributed by atoms with Crippen LogP contribution in [0.1, 0.15) is 31.2 Å². The predicted octanol–water partition coefficient (Wildman–Crippen LogP) is 4.25. The molecular formula is C24H31N3O4. The quantitative estimate of drug-likeness (QED) is 0.455. The maximum absolute atomic E-state index is 12.8. The van der Waals surface area contributed by atoms with Crippen LogP contribution >= 0.6 is 0 Å². The summed E-state index contributed by atoms with van der Waals surface area (Å²) in [6.45, 7) is 3.67. The maximum atomic E-state index is 12.8. The third-order valence-electron chi connectivity index (χ3n) is 5.21. The van der Waals surface area contributed by atoms with Gasteiger partial charge >= 0.3 is 0 Å². The molecule has 0 saturated carbocycles. The van der Waals surface area contributed by atoms with Crippen molar-refractivity contribution in [1.82, 2.24) is 4.90 Å². The fourth-order valence-electron chi connectivity index (χ4n) is 3.62. The molecule has 3 rings (SSSR count). The number of anilines is 1. The highest BCUT2D eigenvalue weighted by Gasteiger charge is 2.35. The van der Waals surface area contributed by atoms with Crippen LogP contribution in [0.2, 0.25) is 0 Å². The fraction of sp³-hybridized carbons (Fsp3) is 0.417.